The van der Waals surface area contributed by atoms with E-state index in [-0.39, 0.29) is 67.9 Å². The van der Waals surface area contributed by atoms with Crippen LogP contribution in [0.5, 0.6) is 5.75 Å². The lowest BCUT2D eigenvalue weighted by molar-refractivity contribution is -0.141. The number of aliphatic carboxylic acids is 1. The molecule has 12 heteroatoms. The van der Waals surface area contributed by atoms with Crippen LogP contribution in [-0.4, -0.2) is 64.7 Å². The molecule has 222 valence electrons. The van der Waals surface area contributed by atoms with Gasteiger partial charge in [-0.1, -0.05) is 11.6 Å². The van der Waals surface area contributed by atoms with Crippen LogP contribution in [-0.2, 0) is 17.5 Å². The van der Waals surface area contributed by atoms with Gasteiger partial charge in [0.25, 0.3) is 5.91 Å². The zero-order valence-electron chi connectivity index (χ0n) is 22.2. The van der Waals surface area contributed by atoms with Crippen molar-refractivity contribution in [3.05, 3.63) is 63.4 Å². The Balaban J connectivity index is 1.23. The second kappa shape index (κ2) is 11.4. The second-order valence-electron chi connectivity index (χ2n) is 11.2. The highest BCUT2D eigenvalue weighted by Crippen LogP contribution is 2.46. The van der Waals surface area contributed by atoms with Gasteiger partial charge in [-0.2, -0.15) is 13.2 Å². The van der Waals surface area contributed by atoms with Gasteiger partial charge in [-0.15, -0.1) is 0 Å². The van der Waals surface area contributed by atoms with Crippen molar-refractivity contribution in [3.8, 4) is 5.75 Å². The Bertz CT molecular complexity index is 1330. The van der Waals surface area contributed by atoms with Crippen molar-refractivity contribution in [2.24, 2.45) is 0 Å². The summed E-state index contributed by atoms with van der Waals surface area (Å²) in [6.07, 6.45) is -1.92. The summed E-state index contributed by atoms with van der Waals surface area (Å²) >= 11 is 6.12. The molecule has 0 spiro atoms. The Morgan fingerprint density at radius 3 is 2.41 bits per heavy atom. The first-order chi connectivity index (χ1) is 19.3. The summed E-state index contributed by atoms with van der Waals surface area (Å²) in [4.78, 5) is 27.6. The number of carbonyl (C=O) groups is 2. The average molecular weight is 601 g/mol. The van der Waals surface area contributed by atoms with Crippen molar-refractivity contribution >= 4 is 23.5 Å². The topological polar surface area (TPSA) is 70.1 Å². The van der Waals surface area contributed by atoms with Gasteiger partial charge in [-0.3, -0.25) is 9.69 Å². The largest absolute Gasteiger partial charge is 0.490 e. The van der Waals surface area contributed by atoms with Gasteiger partial charge in [0.2, 0.25) is 0 Å². The van der Waals surface area contributed by atoms with Gasteiger partial charge in [0.05, 0.1) is 11.1 Å². The van der Waals surface area contributed by atoms with E-state index >= 15 is 8.78 Å². The molecule has 2 saturated heterocycles. The Labute approximate surface area is 239 Å². The van der Waals surface area contributed by atoms with Gasteiger partial charge in [0, 0.05) is 37.3 Å². The van der Waals surface area contributed by atoms with Gasteiger partial charge >= 0.3 is 12.1 Å². The lowest BCUT2D eigenvalue weighted by Crippen LogP contribution is -2.44. The van der Waals surface area contributed by atoms with Gasteiger partial charge in [-0.25, -0.2) is 13.6 Å². The average Bonchev–Trinajstić information content (AvgIpc) is 3.63. The summed E-state index contributed by atoms with van der Waals surface area (Å²) in [5, 5.41) is 9.62. The van der Waals surface area contributed by atoms with E-state index in [4.69, 9.17) is 16.3 Å². The zero-order valence-corrected chi connectivity index (χ0v) is 22.9. The quantitative estimate of drug-likeness (QED) is 0.353. The van der Waals surface area contributed by atoms with E-state index < -0.39 is 41.1 Å². The number of hydrogen-bond donors (Lipinski definition) is 1. The summed E-state index contributed by atoms with van der Waals surface area (Å²) in [7, 11) is 0. The van der Waals surface area contributed by atoms with Crippen LogP contribution in [0.25, 0.3) is 0 Å². The molecule has 3 fully saturated rings. The van der Waals surface area contributed by atoms with Crippen molar-refractivity contribution in [1.29, 1.82) is 0 Å². The fraction of sp³-hybridized carbons (Fsp3) is 0.517. The maximum atomic E-state index is 15.7. The van der Waals surface area contributed by atoms with E-state index in [1.165, 1.54) is 17.0 Å². The molecular formula is C29H30ClF5N2O4. The molecule has 0 radical (unpaired) electrons. The van der Waals surface area contributed by atoms with E-state index in [0.717, 1.165) is 31.0 Å². The highest BCUT2D eigenvalue weighted by molar-refractivity contribution is 6.31. The summed E-state index contributed by atoms with van der Waals surface area (Å²) in [5.41, 5.74) is -1.84. The van der Waals surface area contributed by atoms with Crippen LogP contribution in [0.1, 0.15) is 71.5 Å². The van der Waals surface area contributed by atoms with Crippen LogP contribution >= 0.6 is 11.6 Å². The maximum absolute atomic E-state index is 15.7. The molecule has 1 saturated carbocycles. The molecule has 2 aromatic rings. The van der Waals surface area contributed by atoms with Crippen LogP contribution in [0.2, 0.25) is 5.02 Å². The van der Waals surface area contributed by atoms with E-state index in [1.54, 1.807) is 0 Å². The smallest absolute Gasteiger partial charge is 0.416 e. The van der Waals surface area contributed by atoms with Crippen molar-refractivity contribution in [1.82, 2.24) is 9.80 Å². The number of rotatable bonds is 8. The molecule has 1 amide bonds. The van der Waals surface area contributed by atoms with E-state index in [0.29, 0.717) is 24.0 Å². The number of piperidine rings is 1. The van der Waals surface area contributed by atoms with Crippen molar-refractivity contribution in [3.63, 3.8) is 0 Å². The first kappa shape index (κ1) is 29.6. The fourth-order valence-corrected chi connectivity index (χ4v) is 5.75. The minimum atomic E-state index is -4.49. The third-order valence-electron chi connectivity index (χ3n) is 8.15. The summed E-state index contributed by atoms with van der Waals surface area (Å²) < 4.78 is 76.0. The number of halogens is 6. The molecule has 2 aromatic carbocycles. The fourth-order valence-electron chi connectivity index (χ4n) is 5.57. The minimum absolute atomic E-state index is 0.0422. The number of carboxylic acids is 1. The van der Waals surface area contributed by atoms with Gasteiger partial charge in [-0.05, 0) is 79.8 Å². The van der Waals surface area contributed by atoms with Crippen LogP contribution in [0, 0.1) is 5.82 Å². The summed E-state index contributed by atoms with van der Waals surface area (Å²) in [6.45, 7) is 0.568. The number of likely N-dealkylation sites (tertiary alicyclic amines) is 2. The number of carboxylic acid groups (broad SMARTS) is 1. The molecule has 41 heavy (non-hydrogen) atoms. The van der Waals surface area contributed by atoms with Gasteiger partial charge in [0.1, 0.15) is 29.9 Å². The third kappa shape index (κ3) is 6.61. The predicted molar refractivity (Wildman–Crippen MR) is 140 cm³/mol. The number of alkyl halides is 4. The third-order valence-corrected chi connectivity index (χ3v) is 8.52. The standard InChI is InChI=1S/C29H30ClF5N2O4/c30-22-6-5-19(29(33,34)35)12-18(22)15-36-10-7-28(32,8-11-36)16-41-25-14-23(31)21(13-20(25)17-3-4-17)26(38)37-9-1-2-24(37)27(39)40/h5-6,12-14,17,24H,1-4,7-11,15-16H2,(H,39,40)/t24-/m0/s1. The summed E-state index contributed by atoms with van der Waals surface area (Å²) in [6, 6.07) is 4.64. The maximum Gasteiger partial charge on any atom is 0.416 e. The molecule has 3 aliphatic rings. The molecule has 0 aromatic heterocycles. The molecular weight excluding hydrogens is 571 g/mol. The molecule has 6 nitrogen and oxygen atoms in total. The van der Waals surface area contributed by atoms with Crippen LogP contribution < -0.4 is 4.74 Å². The Hall–Kier alpha value is -2.92. The van der Waals surface area contributed by atoms with Crippen molar-refractivity contribution in [2.45, 2.75) is 68.9 Å². The van der Waals surface area contributed by atoms with Crippen LogP contribution in [0.3, 0.4) is 0 Å². The van der Waals surface area contributed by atoms with E-state index in [1.807, 2.05) is 4.90 Å². The number of amides is 1. The first-order valence-electron chi connectivity index (χ1n) is 13.6. The van der Waals surface area contributed by atoms with Crippen molar-refractivity contribution in [2.75, 3.05) is 26.2 Å². The molecule has 2 aliphatic heterocycles. The normalized spacial score (nSPS) is 21.2. The number of hydrogen-bond acceptors (Lipinski definition) is 4. The highest BCUT2D eigenvalue weighted by Gasteiger charge is 2.39. The highest BCUT2D eigenvalue weighted by atomic mass is 35.5. The molecule has 5 rings (SSSR count). The minimum Gasteiger partial charge on any atom is -0.490 e. The van der Waals surface area contributed by atoms with Crippen LogP contribution in [0.4, 0.5) is 22.0 Å². The second-order valence-corrected chi connectivity index (χ2v) is 11.6. The zero-order chi connectivity index (χ0) is 29.5. The van der Waals surface area contributed by atoms with Gasteiger partial charge < -0.3 is 14.7 Å². The van der Waals surface area contributed by atoms with E-state index in [9.17, 15) is 27.9 Å². The first-order valence-corrected chi connectivity index (χ1v) is 14.0. The van der Waals surface area contributed by atoms with Crippen molar-refractivity contribution < 1.29 is 41.4 Å². The van der Waals surface area contributed by atoms with Crippen LogP contribution in [0.15, 0.2) is 30.3 Å². The Morgan fingerprint density at radius 1 is 1.07 bits per heavy atom. The lowest BCUT2D eigenvalue weighted by atomic mass is 9.93. The predicted octanol–water partition coefficient (Wildman–Crippen LogP) is 6.45. The monoisotopic (exact) mass is 600 g/mol. The molecule has 0 unspecified atom stereocenters. The number of carbonyl (C=O) groups excluding carboxylic acids is 1. The molecule has 0 bridgehead atoms. The summed E-state index contributed by atoms with van der Waals surface area (Å²) in [5.74, 6) is -2.47. The lowest BCUT2D eigenvalue weighted by Gasteiger charge is -2.36. The molecule has 1 atom stereocenters. The Kier molecular flexibility index (Phi) is 8.22. The molecule has 1 aliphatic carbocycles. The molecule has 2 heterocycles. The SMILES string of the molecule is O=C(O)[C@@H]1CCCN1C(=O)c1cc(C2CC2)c(OCC2(F)CCN(Cc3cc(C(F)(F)F)ccc3Cl)CC2)cc1F. The van der Waals surface area contributed by atoms with E-state index in [2.05, 4.69) is 0 Å². The number of nitrogens with zero attached hydrogens (tertiary/aromatic N) is 2. The van der Waals surface area contributed by atoms with Gasteiger partial charge in [0.15, 0.2) is 0 Å². The number of ether oxygens (including phenoxy) is 1. The number of benzene rings is 2. The molecule has 1 N–H and O–H groups in total. The Morgan fingerprint density at radius 2 is 1.78 bits per heavy atom.